The van der Waals surface area contributed by atoms with Crippen LogP contribution >= 0.6 is 0 Å². The molecule has 0 saturated heterocycles. The van der Waals surface area contributed by atoms with Crippen LogP contribution in [0.5, 0.6) is 0 Å². The zero-order chi connectivity index (χ0) is 48.5. The van der Waals surface area contributed by atoms with E-state index in [0.29, 0.717) is 12.8 Å². The molecule has 4 nitrogen and oxygen atoms in total. The predicted octanol–water partition coefficient (Wildman–Crippen LogP) is 20.9. The Morgan fingerprint density at radius 3 is 0.821 bits per heavy atom. The first-order chi connectivity index (χ1) is 33.2. The molecule has 0 fully saturated rings. The molecule has 0 aromatic carbocycles. The first kappa shape index (κ1) is 66.1. The normalized spacial score (nSPS) is 12.7. The Balaban J connectivity index is 3.35. The molecule has 0 aliphatic heterocycles. The van der Waals surface area contributed by atoms with Gasteiger partial charge in [0.2, 0.25) is 5.91 Å². The van der Waals surface area contributed by atoms with Gasteiger partial charge in [0.25, 0.3) is 0 Å². The van der Waals surface area contributed by atoms with Crippen LogP contribution in [-0.4, -0.2) is 34.9 Å². The molecule has 2 atom stereocenters. The molecule has 0 saturated carbocycles. The second-order valence-corrected chi connectivity index (χ2v) is 21.8. The van der Waals surface area contributed by atoms with Crippen molar-refractivity contribution in [3.8, 4) is 0 Å². The molecule has 0 aromatic heterocycles. The van der Waals surface area contributed by atoms with Gasteiger partial charge in [-0.15, -0.1) is 0 Å². The Morgan fingerprint density at radius 2 is 0.567 bits per heavy atom. The fourth-order valence-electron chi connectivity index (χ4n) is 10.2. The smallest absolute Gasteiger partial charge is 0.220 e. The van der Waals surface area contributed by atoms with Crippen molar-refractivity contribution >= 4 is 5.91 Å². The number of carbonyl (C=O) groups excluding carboxylic acids is 1. The Hall–Kier alpha value is -0.870. The second-order valence-electron chi connectivity index (χ2n) is 21.8. The topological polar surface area (TPSA) is 69.6 Å². The minimum atomic E-state index is -0.656. The molecule has 2 unspecified atom stereocenters. The molecule has 0 rings (SSSR count). The largest absolute Gasteiger partial charge is 0.394 e. The third-order valence-electron chi connectivity index (χ3n) is 15.0. The number of aliphatic hydroxyl groups excluding tert-OH is 2. The number of aliphatic hydroxyl groups is 2. The summed E-state index contributed by atoms with van der Waals surface area (Å²) < 4.78 is 0. The summed E-state index contributed by atoms with van der Waals surface area (Å²) in [6.07, 6.45) is 78.1. The van der Waals surface area contributed by atoms with E-state index in [1.165, 1.54) is 315 Å². The highest BCUT2D eigenvalue weighted by molar-refractivity contribution is 5.76. The van der Waals surface area contributed by atoms with Gasteiger partial charge >= 0.3 is 0 Å². The van der Waals surface area contributed by atoms with E-state index in [0.717, 1.165) is 25.7 Å². The van der Waals surface area contributed by atoms with E-state index >= 15 is 0 Å². The van der Waals surface area contributed by atoms with Crippen LogP contribution in [0.25, 0.3) is 0 Å². The molecule has 0 heterocycles. The highest BCUT2D eigenvalue weighted by Crippen LogP contribution is 2.19. The van der Waals surface area contributed by atoms with Gasteiger partial charge in [-0.25, -0.2) is 0 Å². The van der Waals surface area contributed by atoms with Crippen LogP contribution in [0.2, 0.25) is 0 Å². The summed E-state index contributed by atoms with van der Waals surface area (Å²) in [5.74, 6) is -0.0223. The maximum atomic E-state index is 12.5. The molecule has 0 bridgehead atoms. The first-order valence-electron chi connectivity index (χ1n) is 31.4. The van der Waals surface area contributed by atoms with Gasteiger partial charge in [0.05, 0.1) is 18.8 Å². The lowest BCUT2D eigenvalue weighted by Crippen LogP contribution is -2.45. The molecule has 0 aliphatic carbocycles. The Bertz CT molecular complexity index is 936. The molecule has 0 aromatic rings. The van der Waals surface area contributed by atoms with Gasteiger partial charge in [-0.1, -0.05) is 334 Å². The highest BCUT2D eigenvalue weighted by atomic mass is 16.3. The lowest BCUT2D eigenvalue weighted by molar-refractivity contribution is -0.123. The summed E-state index contributed by atoms with van der Waals surface area (Å²) in [4.78, 5) is 12.5. The van der Waals surface area contributed by atoms with Crippen molar-refractivity contribution in [2.45, 2.75) is 379 Å². The average molecular weight is 945 g/mol. The van der Waals surface area contributed by atoms with E-state index in [1.807, 2.05) is 0 Å². The summed E-state index contributed by atoms with van der Waals surface area (Å²) in [7, 11) is 0. The van der Waals surface area contributed by atoms with Gasteiger partial charge in [0.1, 0.15) is 0 Å². The van der Waals surface area contributed by atoms with Gasteiger partial charge < -0.3 is 15.5 Å². The SMILES string of the molecule is CCCCCCCCCC/C=C\CCCCCCCCCCCCCCCCCCCCCCCCCCCC(=O)NC(CO)C(O)CCCCCCCCCCCCCCCCCCCC. The van der Waals surface area contributed by atoms with E-state index in [2.05, 4.69) is 31.3 Å². The molecule has 0 aliphatic rings. The summed E-state index contributed by atoms with van der Waals surface area (Å²) in [6.45, 7) is 4.40. The van der Waals surface area contributed by atoms with E-state index in [1.54, 1.807) is 0 Å². The molecule has 1 amide bonds. The summed E-state index contributed by atoms with van der Waals surface area (Å²) >= 11 is 0. The monoisotopic (exact) mass is 944 g/mol. The third kappa shape index (κ3) is 55.9. The van der Waals surface area contributed by atoms with Crippen molar-refractivity contribution < 1.29 is 15.0 Å². The lowest BCUT2D eigenvalue weighted by Gasteiger charge is -2.22. The summed E-state index contributed by atoms with van der Waals surface area (Å²) in [6, 6.07) is -0.532. The zero-order valence-corrected chi connectivity index (χ0v) is 46.2. The zero-order valence-electron chi connectivity index (χ0n) is 46.2. The van der Waals surface area contributed by atoms with Gasteiger partial charge in [-0.05, 0) is 38.5 Å². The number of hydrogen-bond donors (Lipinski definition) is 3. The fraction of sp³-hybridized carbons (Fsp3) is 0.952. The minimum Gasteiger partial charge on any atom is -0.394 e. The molecular weight excluding hydrogens is 819 g/mol. The molecule has 4 heteroatoms. The third-order valence-corrected chi connectivity index (χ3v) is 15.0. The minimum absolute atomic E-state index is 0.0223. The fourth-order valence-corrected chi connectivity index (χ4v) is 10.2. The molecule has 0 radical (unpaired) electrons. The molecule has 400 valence electrons. The van der Waals surface area contributed by atoms with Gasteiger partial charge in [-0.3, -0.25) is 4.79 Å². The number of allylic oxidation sites excluding steroid dienone is 2. The van der Waals surface area contributed by atoms with Crippen molar-refractivity contribution in [1.82, 2.24) is 5.32 Å². The number of amides is 1. The van der Waals surface area contributed by atoms with Crippen LogP contribution in [0, 0.1) is 0 Å². The summed E-state index contributed by atoms with van der Waals surface area (Å²) in [5.41, 5.74) is 0. The second kappa shape index (κ2) is 59.4. The van der Waals surface area contributed by atoms with Crippen molar-refractivity contribution in [3.05, 3.63) is 12.2 Å². The Kier molecular flexibility index (Phi) is 58.7. The maximum absolute atomic E-state index is 12.5. The Labute approximate surface area is 422 Å². The standard InChI is InChI=1S/C63H125NO3/c1-3-5-7-9-11-13-15-17-19-21-23-24-25-26-27-28-29-30-31-32-33-34-35-36-37-38-39-40-41-43-45-47-49-51-53-55-57-59-63(67)64-61(60-65)62(66)58-56-54-52-50-48-46-44-42-22-20-18-16-14-12-10-8-6-4-2/h21,23,61-62,65-66H,3-20,22,24-60H2,1-2H3,(H,64,67)/b23-21-. The molecule has 0 spiro atoms. The predicted molar refractivity (Wildman–Crippen MR) is 299 cm³/mol. The Morgan fingerprint density at radius 1 is 0.343 bits per heavy atom. The van der Waals surface area contributed by atoms with Crippen molar-refractivity contribution in [2.75, 3.05) is 6.61 Å². The van der Waals surface area contributed by atoms with Gasteiger partial charge in [0.15, 0.2) is 0 Å². The van der Waals surface area contributed by atoms with Crippen LogP contribution < -0.4 is 5.32 Å². The van der Waals surface area contributed by atoms with E-state index in [9.17, 15) is 15.0 Å². The lowest BCUT2D eigenvalue weighted by atomic mass is 10.0. The summed E-state index contributed by atoms with van der Waals surface area (Å²) in [5, 5.41) is 23.4. The average Bonchev–Trinajstić information content (AvgIpc) is 3.33. The quantitative estimate of drug-likeness (QED) is 0.0420. The maximum Gasteiger partial charge on any atom is 0.220 e. The number of unbranched alkanes of at least 4 members (excludes halogenated alkanes) is 50. The van der Waals surface area contributed by atoms with Gasteiger partial charge in [0, 0.05) is 6.42 Å². The van der Waals surface area contributed by atoms with E-state index in [-0.39, 0.29) is 12.5 Å². The van der Waals surface area contributed by atoms with Gasteiger partial charge in [-0.2, -0.15) is 0 Å². The van der Waals surface area contributed by atoms with E-state index in [4.69, 9.17) is 0 Å². The van der Waals surface area contributed by atoms with Crippen LogP contribution in [0.3, 0.4) is 0 Å². The van der Waals surface area contributed by atoms with Crippen LogP contribution in [0.4, 0.5) is 0 Å². The molecular formula is C63H125NO3. The first-order valence-corrected chi connectivity index (χ1v) is 31.4. The van der Waals surface area contributed by atoms with Crippen LogP contribution in [0.15, 0.2) is 12.2 Å². The molecule has 67 heavy (non-hydrogen) atoms. The number of hydrogen-bond acceptors (Lipinski definition) is 3. The highest BCUT2D eigenvalue weighted by Gasteiger charge is 2.20. The van der Waals surface area contributed by atoms with Crippen molar-refractivity contribution in [2.24, 2.45) is 0 Å². The van der Waals surface area contributed by atoms with Crippen molar-refractivity contribution in [3.63, 3.8) is 0 Å². The van der Waals surface area contributed by atoms with E-state index < -0.39 is 12.1 Å². The van der Waals surface area contributed by atoms with Crippen LogP contribution in [-0.2, 0) is 4.79 Å². The number of rotatable bonds is 59. The molecule has 3 N–H and O–H groups in total. The van der Waals surface area contributed by atoms with Crippen molar-refractivity contribution in [1.29, 1.82) is 0 Å². The van der Waals surface area contributed by atoms with Crippen LogP contribution in [0.1, 0.15) is 367 Å². The number of nitrogens with one attached hydrogen (secondary N) is 1. The number of carbonyl (C=O) groups is 1.